The number of hydrogen-bond acceptors (Lipinski definition) is 1. The molecule has 1 aliphatic carbocycles. The summed E-state index contributed by atoms with van der Waals surface area (Å²) < 4.78 is 2.45. The Morgan fingerprint density at radius 2 is 0.937 bits per heavy atom. The van der Waals surface area contributed by atoms with Crippen LogP contribution in [0.15, 0.2) is 231 Å². The fourth-order valence-corrected chi connectivity index (χ4v) is 10.3. The van der Waals surface area contributed by atoms with E-state index >= 15 is 0 Å². The molecule has 2 nitrogen and oxygen atoms in total. The molecule has 0 unspecified atom stereocenters. The highest BCUT2D eigenvalue weighted by Gasteiger charge is 2.37. The van der Waals surface area contributed by atoms with E-state index in [4.69, 9.17) is 0 Å². The number of hydrogen-bond donors (Lipinski definition) is 0. The maximum absolute atomic E-state index is 2.46. The highest BCUT2D eigenvalue weighted by Crippen LogP contribution is 2.52. The maximum atomic E-state index is 2.46. The van der Waals surface area contributed by atoms with Gasteiger partial charge >= 0.3 is 0 Å². The van der Waals surface area contributed by atoms with E-state index in [9.17, 15) is 0 Å². The van der Waals surface area contributed by atoms with Crippen molar-refractivity contribution in [1.82, 2.24) is 4.57 Å². The van der Waals surface area contributed by atoms with Crippen LogP contribution in [0.4, 0.5) is 17.1 Å². The number of nitrogens with zero attached hydrogens (tertiary/aromatic N) is 2. The van der Waals surface area contributed by atoms with Crippen molar-refractivity contribution in [2.45, 2.75) is 19.3 Å². The number of benzene rings is 10. The predicted octanol–water partition coefficient (Wildman–Crippen LogP) is 16.7. The zero-order valence-corrected chi connectivity index (χ0v) is 35.3. The SMILES string of the molecule is CC1(C)c2cc(N(c3cccc(-c4ccccc4-c4ccccc4)c3)c3cccc4ccccc34)ccc2-c2ccc(-n3c4ccccc4c4cc(-c5ccccc5)ccc43)cc21. The van der Waals surface area contributed by atoms with Crippen LogP contribution in [-0.2, 0) is 5.41 Å². The largest absolute Gasteiger partial charge is 0.310 e. The summed E-state index contributed by atoms with van der Waals surface area (Å²) in [6.07, 6.45) is 0. The van der Waals surface area contributed by atoms with E-state index in [1.807, 2.05) is 0 Å². The van der Waals surface area contributed by atoms with E-state index in [-0.39, 0.29) is 5.41 Å². The van der Waals surface area contributed by atoms with Gasteiger partial charge in [0, 0.05) is 38.6 Å². The lowest BCUT2D eigenvalue weighted by Crippen LogP contribution is -2.17. The topological polar surface area (TPSA) is 8.17 Å². The number of rotatable bonds is 7. The third kappa shape index (κ3) is 6.02. The molecule has 1 aromatic heterocycles. The Bertz CT molecular complexity index is 3530. The minimum absolute atomic E-state index is 0.253. The van der Waals surface area contributed by atoms with Gasteiger partial charge in [0.25, 0.3) is 0 Å². The molecular formula is C61H44N2. The highest BCUT2D eigenvalue weighted by molar-refractivity contribution is 6.10. The Kier molecular flexibility index (Phi) is 8.55. The second-order valence-corrected chi connectivity index (χ2v) is 17.3. The molecule has 0 saturated carbocycles. The van der Waals surface area contributed by atoms with Gasteiger partial charge in [-0.1, -0.05) is 184 Å². The molecule has 0 fully saturated rings. The molecule has 0 amide bonds. The Labute approximate surface area is 368 Å². The van der Waals surface area contributed by atoms with E-state index in [2.05, 4.69) is 254 Å². The van der Waals surface area contributed by atoms with Gasteiger partial charge in [0.2, 0.25) is 0 Å². The van der Waals surface area contributed by atoms with Crippen molar-refractivity contribution in [3.63, 3.8) is 0 Å². The van der Waals surface area contributed by atoms with Crippen molar-refractivity contribution >= 4 is 49.6 Å². The van der Waals surface area contributed by atoms with E-state index < -0.39 is 0 Å². The highest BCUT2D eigenvalue weighted by atomic mass is 15.1. The third-order valence-corrected chi connectivity index (χ3v) is 13.4. The molecule has 298 valence electrons. The first kappa shape index (κ1) is 36.9. The summed E-state index contributed by atoms with van der Waals surface area (Å²) in [6, 6.07) is 84.6. The maximum Gasteiger partial charge on any atom is 0.0541 e. The average molecular weight is 805 g/mol. The molecule has 0 spiro atoms. The third-order valence-electron chi connectivity index (χ3n) is 13.4. The molecule has 0 saturated heterocycles. The van der Waals surface area contributed by atoms with Crippen molar-refractivity contribution in [2.75, 3.05) is 4.90 Å². The number of anilines is 3. The quantitative estimate of drug-likeness (QED) is 0.156. The zero-order valence-electron chi connectivity index (χ0n) is 35.3. The summed E-state index contributed by atoms with van der Waals surface area (Å²) in [7, 11) is 0. The van der Waals surface area contributed by atoms with Crippen LogP contribution in [-0.4, -0.2) is 4.57 Å². The summed E-state index contributed by atoms with van der Waals surface area (Å²) in [5, 5.41) is 4.96. The van der Waals surface area contributed by atoms with Crippen LogP contribution in [0, 0.1) is 0 Å². The van der Waals surface area contributed by atoms with Gasteiger partial charge in [-0.2, -0.15) is 0 Å². The lowest BCUT2D eigenvalue weighted by molar-refractivity contribution is 0.660. The van der Waals surface area contributed by atoms with Gasteiger partial charge in [-0.3, -0.25) is 0 Å². The first-order valence-electron chi connectivity index (χ1n) is 21.9. The van der Waals surface area contributed by atoms with Gasteiger partial charge in [0.15, 0.2) is 0 Å². The summed E-state index contributed by atoms with van der Waals surface area (Å²) in [4.78, 5) is 2.46. The van der Waals surface area contributed by atoms with E-state index in [0.717, 1.165) is 17.1 Å². The molecule has 12 rings (SSSR count). The smallest absolute Gasteiger partial charge is 0.0541 e. The van der Waals surface area contributed by atoms with Crippen LogP contribution in [0.5, 0.6) is 0 Å². The van der Waals surface area contributed by atoms with Gasteiger partial charge in [-0.25, -0.2) is 0 Å². The number of fused-ring (bicyclic) bond motifs is 7. The fourth-order valence-electron chi connectivity index (χ4n) is 10.3. The molecule has 11 aromatic rings. The molecule has 0 aliphatic heterocycles. The molecule has 0 atom stereocenters. The lowest BCUT2D eigenvalue weighted by Gasteiger charge is -2.29. The minimum Gasteiger partial charge on any atom is -0.310 e. The van der Waals surface area contributed by atoms with Gasteiger partial charge < -0.3 is 9.47 Å². The molecule has 0 N–H and O–H groups in total. The summed E-state index contributed by atoms with van der Waals surface area (Å²) >= 11 is 0. The molecule has 0 bridgehead atoms. The van der Waals surface area contributed by atoms with Crippen LogP contribution >= 0.6 is 0 Å². The van der Waals surface area contributed by atoms with E-state index in [0.29, 0.717) is 0 Å². The molecular weight excluding hydrogens is 761 g/mol. The Morgan fingerprint density at radius 3 is 1.75 bits per heavy atom. The van der Waals surface area contributed by atoms with Crippen molar-refractivity contribution in [3.05, 3.63) is 242 Å². The van der Waals surface area contributed by atoms with Gasteiger partial charge in [-0.15, -0.1) is 0 Å². The standard InChI is InChI=1S/C61H44N2/c1-61(2)56-39-47(62(58-30-16-22-43-21-9-10-27-51(43)58)46-24-15-23-45(37-46)50-26-12-11-25-49(50)42-19-7-4-8-20-42)32-34-52(56)53-35-33-48(40-57(53)61)63-59-29-14-13-28-54(59)55-38-44(31-36-60(55)63)41-17-5-3-6-18-41/h3-40H,1-2H3. The van der Waals surface area contributed by atoms with E-state index in [1.54, 1.807) is 0 Å². The lowest BCUT2D eigenvalue weighted by atomic mass is 9.82. The average Bonchev–Trinajstić information content (AvgIpc) is 3.79. The Balaban J connectivity index is 0.990. The fraction of sp³-hybridized carbons (Fsp3) is 0.0492. The first-order chi connectivity index (χ1) is 31.0. The van der Waals surface area contributed by atoms with Crippen molar-refractivity contribution in [2.24, 2.45) is 0 Å². The van der Waals surface area contributed by atoms with Gasteiger partial charge in [0.1, 0.15) is 0 Å². The number of aromatic nitrogens is 1. The first-order valence-corrected chi connectivity index (χ1v) is 21.9. The van der Waals surface area contributed by atoms with Crippen molar-refractivity contribution < 1.29 is 0 Å². The summed E-state index contributed by atoms with van der Waals surface area (Å²) in [5.41, 5.74) is 19.3. The molecule has 1 heterocycles. The molecule has 0 radical (unpaired) electrons. The summed E-state index contributed by atoms with van der Waals surface area (Å²) in [6.45, 7) is 4.79. The summed E-state index contributed by atoms with van der Waals surface area (Å²) in [5.74, 6) is 0. The molecule has 1 aliphatic rings. The van der Waals surface area contributed by atoms with Crippen LogP contribution in [0.25, 0.3) is 82.8 Å². The monoisotopic (exact) mass is 804 g/mol. The Morgan fingerprint density at radius 1 is 0.349 bits per heavy atom. The number of para-hydroxylation sites is 1. The van der Waals surface area contributed by atoms with Crippen LogP contribution in [0.3, 0.4) is 0 Å². The minimum atomic E-state index is -0.253. The van der Waals surface area contributed by atoms with Crippen LogP contribution in [0.1, 0.15) is 25.0 Å². The normalized spacial score (nSPS) is 12.7. The zero-order chi connectivity index (χ0) is 42.1. The molecule has 10 aromatic carbocycles. The van der Waals surface area contributed by atoms with Gasteiger partial charge in [0.05, 0.1) is 16.7 Å². The van der Waals surface area contributed by atoms with Crippen LogP contribution < -0.4 is 4.90 Å². The molecule has 63 heavy (non-hydrogen) atoms. The Hall–Kier alpha value is -7.94. The van der Waals surface area contributed by atoms with E-state index in [1.165, 1.54) is 93.9 Å². The van der Waals surface area contributed by atoms with Gasteiger partial charge in [-0.05, 0) is 122 Å². The van der Waals surface area contributed by atoms with Crippen molar-refractivity contribution in [3.8, 4) is 50.2 Å². The second-order valence-electron chi connectivity index (χ2n) is 17.3. The van der Waals surface area contributed by atoms with Crippen LogP contribution in [0.2, 0.25) is 0 Å². The second kappa shape index (κ2) is 14.6. The predicted molar refractivity (Wildman–Crippen MR) is 267 cm³/mol. The van der Waals surface area contributed by atoms with Crippen molar-refractivity contribution in [1.29, 1.82) is 0 Å². The molecule has 2 heteroatoms.